The van der Waals surface area contributed by atoms with Gasteiger partial charge in [-0.3, -0.25) is 4.79 Å². The van der Waals surface area contributed by atoms with E-state index in [4.69, 9.17) is 9.47 Å². The van der Waals surface area contributed by atoms with Crippen molar-refractivity contribution in [1.82, 2.24) is 14.9 Å². The summed E-state index contributed by atoms with van der Waals surface area (Å²) in [6.07, 6.45) is 3.88. The van der Waals surface area contributed by atoms with Crippen molar-refractivity contribution in [2.24, 2.45) is 0 Å². The van der Waals surface area contributed by atoms with Gasteiger partial charge >= 0.3 is 5.97 Å². The number of rotatable bonds is 6. The van der Waals surface area contributed by atoms with Crippen molar-refractivity contribution in [3.63, 3.8) is 0 Å². The van der Waals surface area contributed by atoms with E-state index in [1.165, 1.54) is 7.11 Å². The van der Waals surface area contributed by atoms with Gasteiger partial charge in [0.15, 0.2) is 0 Å². The summed E-state index contributed by atoms with van der Waals surface area (Å²) in [7, 11) is 1.37. The molecule has 7 nitrogen and oxygen atoms in total. The molecule has 0 atom stereocenters. The molecule has 0 aliphatic carbocycles. The topological polar surface area (TPSA) is 82.5 Å². The van der Waals surface area contributed by atoms with Gasteiger partial charge in [-0.25, -0.2) is 9.78 Å². The van der Waals surface area contributed by atoms with Gasteiger partial charge in [0.05, 0.1) is 30.0 Å². The van der Waals surface area contributed by atoms with Crippen molar-refractivity contribution < 1.29 is 19.1 Å². The second-order valence-electron chi connectivity index (χ2n) is 9.53. The van der Waals surface area contributed by atoms with Gasteiger partial charge in [-0.2, -0.15) is 0 Å². The average Bonchev–Trinajstić information content (AvgIpc) is 3.34. The quantitative estimate of drug-likeness (QED) is 0.282. The monoisotopic (exact) mass is 529 g/mol. The number of carbonyl (C=O) groups excluding carboxylic acids is 2. The van der Waals surface area contributed by atoms with E-state index in [9.17, 15) is 9.59 Å². The van der Waals surface area contributed by atoms with E-state index < -0.39 is 5.97 Å². The molecular weight excluding hydrogens is 502 g/mol. The van der Waals surface area contributed by atoms with Crippen LogP contribution < -0.4 is 10.1 Å². The van der Waals surface area contributed by atoms with E-state index in [2.05, 4.69) is 22.4 Å². The van der Waals surface area contributed by atoms with Crippen molar-refractivity contribution in [3.8, 4) is 5.75 Å². The molecule has 0 saturated heterocycles. The molecular formula is C33H27N3O4. The van der Waals surface area contributed by atoms with Crippen molar-refractivity contribution in [2.45, 2.75) is 19.7 Å². The van der Waals surface area contributed by atoms with E-state index >= 15 is 0 Å². The van der Waals surface area contributed by atoms with Crippen molar-refractivity contribution in [2.75, 3.05) is 7.11 Å². The standard InChI is InChI=1S/C33H27N3O4/c1-39-33(38)24-12-14-31-28(17-24)27(26-10-6-5-9-25(26)20-40-31)15-16-36-21-35-29-13-11-23(18-30(29)36)32(37)34-19-22-7-3-2-4-8-22/h2-15,17-18,21H,16,19-20H2,1H3,(H,34,37)/b27-15+. The molecule has 1 amide bonds. The molecule has 2 heterocycles. The largest absolute Gasteiger partial charge is 0.488 e. The maximum Gasteiger partial charge on any atom is 0.337 e. The highest BCUT2D eigenvalue weighted by Gasteiger charge is 2.21. The maximum absolute atomic E-state index is 12.9. The van der Waals surface area contributed by atoms with Crippen molar-refractivity contribution in [3.05, 3.63) is 137 Å². The fraction of sp³-hybridized carbons (Fsp3) is 0.121. The summed E-state index contributed by atoms with van der Waals surface area (Å²) in [6, 6.07) is 28.8. The summed E-state index contributed by atoms with van der Waals surface area (Å²) in [5.41, 5.74) is 7.57. The molecule has 1 N–H and O–H groups in total. The Bertz CT molecular complexity index is 1750. The fourth-order valence-corrected chi connectivity index (χ4v) is 4.95. The minimum absolute atomic E-state index is 0.143. The van der Waals surface area contributed by atoms with Crippen LogP contribution in [-0.2, 0) is 24.4 Å². The highest BCUT2D eigenvalue weighted by Crippen LogP contribution is 2.37. The predicted molar refractivity (Wildman–Crippen MR) is 153 cm³/mol. The molecule has 6 rings (SSSR count). The lowest BCUT2D eigenvalue weighted by Crippen LogP contribution is -2.22. The van der Waals surface area contributed by atoms with Gasteiger partial charge < -0.3 is 19.4 Å². The zero-order valence-electron chi connectivity index (χ0n) is 22.0. The number of esters is 1. The summed E-state index contributed by atoms with van der Waals surface area (Å²) in [5, 5.41) is 2.99. The predicted octanol–water partition coefficient (Wildman–Crippen LogP) is 5.78. The third-order valence-corrected chi connectivity index (χ3v) is 7.05. The van der Waals surface area contributed by atoms with Crippen LogP contribution in [0.2, 0.25) is 0 Å². The van der Waals surface area contributed by atoms with Crippen LogP contribution in [0.15, 0.2) is 103 Å². The van der Waals surface area contributed by atoms with E-state index in [0.717, 1.165) is 38.9 Å². The zero-order valence-corrected chi connectivity index (χ0v) is 22.0. The molecule has 40 heavy (non-hydrogen) atoms. The lowest BCUT2D eigenvalue weighted by atomic mass is 9.93. The number of methoxy groups -OCH3 is 1. The summed E-state index contributed by atoms with van der Waals surface area (Å²) in [6.45, 7) is 1.38. The maximum atomic E-state index is 12.9. The Kier molecular flexibility index (Phi) is 6.85. The number of ether oxygens (including phenoxy) is 2. The molecule has 7 heteroatoms. The van der Waals surface area contributed by atoms with Crippen LogP contribution in [0.25, 0.3) is 16.6 Å². The molecule has 0 saturated carbocycles. The number of aromatic nitrogens is 2. The van der Waals surface area contributed by atoms with Gasteiger partial charge in [0.25, 0.3) is 5.91 Å². The molecule has 4 aromatic carbocycles. The highest BCUT2D eigenvalue weighted by atomic mass is 16.5. The van der Waals surface area contributed by atoms with Crippen molar-refractivity contribution >= 4 is 28.5 Å². The summed E-state index contributed by atoms with van der Waals surface area (Å²) in [5.74, 6) is 0.150. The molecule has 0 bridgehead atoms. The van der Waals surface area contributed by atoms with E-state index in [1.54, 1.807) is 18.5 Å². The smallest absolute Gasteiger partial charge is 0.337 e. The van der Waals surface area contributed by atoms with Crippen LogP contribution in [0, 0.1) is 0 Å². The van der Waals surface area contributed by atoms with Gasteiger partial charge in [0.1, 0.15) is 12.4 Å². The SMILES string of the molecule is COC(=O)c1ccc2c(c1)/C(=C/Cn1cnc3ccc(C(=O)NCc4ccccc4)cc31)c1ccccc1CO2. The van der Waals surface area contributed by atoms with E-state index in [0.29, 0.717) is 36.6 Å². The number of hydrogen-bond acceptors (Lipinski definition) is 5. The molecule has 0 fully saturated rings. The Labute approximate surface area is 231 Å². The summed E-state index contributed by atoms with van der Waals surface area (Å²) in [4.78, 5) is 29.8. The number of allylic oxidation sites excluding steroid dienone is 1. The first-order valence-corrected chi connectivity index (χ1v) is 13.0. The lowest BCUT2D eigenvalue weighted by molar-refractivity contribution is 0.0600. The van der Waals surface area contributed by atoms with Crippen LogP contribution in [0.5, 0.6) is 5.75 Å². The minimum atomic E-state index is -0.404. The second-order valence-corrected chi connectivity index (χ2v) is 9.53. The van der Waals surface area contributed by atoms with Gasteiger partial charge in [-0.15, -0.1) is 0 Å². The molecule has 0 radical (unpaired) electrons. The van der Waals surface area contributed by atoms with Gasteiger partial charge in [-0.05, 0) is 58.7 Å². The van der Waals surface area contributed by atoms with Crippen LogP contribution in [-0.4, -0.2) is 28.5 Å². The average molecular weight is 530 g/mol. The minimum Gasteiger partial charge on any atom is -0.488 e. The zero-order chi connectivity index (χ0) is 27.5. The number of nitrogens with one attached hydrogen (secondary N) is 1. The highest BCUT2D eigenvalue weighted by molar-refractivity contribution is 5.97. The third kappa shape index (κ3) is 4.97. The second kappa shape index (κ2) is 10.9. The summed E-state index contributed by atoms with van der Waals surface area (Å²) < 4.78 is 13.1. The van der Waals surface area contributed by atoms with Gasteiger partial charge in [0.2, 0.25) is 0 Å². The molecule has 1 aromatic heterocycles. The Morgan fingerprint density at radius 2 is 1.75 bits per heavy atom. The third-order valence-electron chi connectivity index (χ3n) is 7.05. The van der Waals surface area contributed by atoms with Crippen LogP contribution >= 0.6 is 0 Å². The van der Waals surface area contributed by atoms with Gasteiger partial charge in [0, 0.05) is 24.2 Å². The number of fused-ring (bicyclic) bond motifs is 3. The number of carbonyl (C=O) groups is 2. The molecule has 0 unspecified atom stereocenters. The molecule has 0 spiro atoms. The molecule has 198 valence electrons. The van der Waals surface area contributed by atoms with Gasteiger partial charge in [-0.1, -0.05) is 60.7 Å². The van der Waals surface area contributed by atoms with Crippen molar-refractivity contribution in [1.29, 1.82) is 0 Å². The van der Waals surface area contributed by atoms with Crippen LogP contribution in [0.3, 0.4) is 0 Å². The lowest BCUT2D eigenvalue weighted by Gasteiger charge is -2.13. The Balaban J connectivity index is 1.34. The number of nitrogens with zero attached hydrogens (tertiary/aromatic N) is 2. The first-order valence-electron chi connectivity index (χ1n) is 13.0. The normalized spacial score (nSPS) is 13.2. The molecule has 1 aliphatic heterocycles. The van der Waals surface area contributed by atoms with E-state index in [1.807, 2.05) is 77.4 Å². The number of imidazole rings is 1. The first kappa shape index (κ1) is 25.1. The van der Waals surface area contributed by atoms with E-state index in [-0.39, 0.29) is 5.91 Å². The number of hydrogen-bond donors (Lipinski definition) is 1. The Hall–Kier alpha value is -5.17. The first-order chi connectivity index (χ1) is 19.6. The Morgan fingerprint density at radius 3 is 2.60 bits per heavy atom. The molecule has 1 aliphatic rings. The molecule has 5 aromatic rings. The Morgan fingerprint density at radius 1 is 0.950 bits per heavy atom. The number of amides is 1. The van der Waals surface area contributed by atoms with Crippen LogP contribution in [0.1, 0.15) is 43.0 Å². The summed E-state index contributed by atoms with van der Waals surface area (Å²) >= 11 is 0. The fourth-order valence-electron chi connectivity index (χ4n) is 4.95. The van der Waals surface area contributed by atoms with Crippen LogP contribution in [0.4, 0.5) is 0 Å². The number of benzene rings is 4.